The number of rotatable bonds is 6. The Morgan fingerprint density at radius 1 is 1.14 bits per heavy atom. The van der Waals surface area contributed by atoms with Crippen molar-refractivity contribution in [2.24, 2.45) is 0 Å². The summed E-state index contributed by atoms with van der Waals surface area (Å²) in [5.41, 5.74) is 2.27. The lowest BCUT2D eigenvalue weighted by Gasteiger charge is -2.04. The zero-order valence-electron chi connectivity index (χ0n) is 14.9. The van der Waals surface area contributed by atoms with Gasteiger partial charge in [-0.05, 0) is 36.4 Å². The molecule has 0 aliphatic rings. The summed E-state index contributed by atoms with van der Waals surface area (Å²) in [5.74, 6) is 7.36. The van der Waals surface area contributed by atoms with Gasteiger partial charge in [-0.1, -0.05) is 23.9 Å². The van der Waals surface area contributed by atoms with E-state index >= 15 is 0 Å². The Labute approximate surface area is 169 Å². The van der Waals surface area contributed by atoms with Crippen molar-refractivity contribution in [3.05, 3.63) is 65.4 Å². The topological polar surface area (TPSA) is 78.9 Å². The summed E-state index contributed by atoms with van der Waals surface area (Å²) in [5, 5.41) is 11.5. The second kappa shape index (κ2) is 7.99. The number of hydrogen-bond acceptors (Lipinski definition) is 7. The molecule has 2 aromatic carbocycles. The number of thiazole rings is 1. The van der Waals surface area contributed by atoms with Crippen LogP contribution in [0.25, 0.3) is 22.0 Å². The fraction of sp³-hybridized carbons (Fsp3) is 0.105. The van der Waals surface area contributed by atoms with Crippen molar-refractivity contribution in [2.75, 3.05) is 13.0 Å². The van der Waals surface area contributed by atoms with Gasteiger partial charge in [-0.25, -0.2) is 14.1 Å². The van der Waals surface area contributed by atoms with Gasteiger partial charge in [0.2, 0.25) is 5.16 Å². The van der Waals surface area contributed by atoms with Gasteiger partial charge in [-0.2, -0.15) is 0 Å². The van der Waals surface area contributed by atoms with Crippen LogP contribution in [0.1, 0.15) is 5.69 Å². The van der Waals surface area contributed by atoms with Crippen molar-refractivity contribution in [1.29, 1.82) is 0 Å². The number of nitrogens with zero attached hydrogens (tertiary/aromatic N) is 4. The molecule has 0 saturated heterocycles. The van der Waals surface area contributed by atoms with Crippen LogP contribution in [0.4, 0.5) is 4.39 Å². The van der Waals surface area contributed by atoms with Crippen molar-refractivity contribution < 1.29 is 9.13 Å². The van der Waals surface area contributed by atoms with Crippen molar-refractivity contribution in [3.8, 4) is 27.7 Å². The van der Waals surface area contributed by atoms with Crippen LogP contribution in [0.3, 0.4) is 0 Å². The molecular weight excluding hydrogens is 397 g/mol. The van der Waals surface area contributed by atoms with Crippen LogP contribution < -0.4 is 10.6 Å². The molecule has 0 fully saturated rings. The molecule has 0 aliphatic carbocycles. The molecule has 0 unspecified atom stereocenters. The van der Waals surface area contributed by atoms with Crippen LogP contribution in [0.15, 0.2) is 59.1 Å². The standard InChI is InChI=1S/C19H16FN5OS2/c1-26-14-8-6-12(7-9-14)18-22-13(10-27-18)11-28-19-24-23-17(25(19)21)15-4-2-3-5-16(15)20/h2-10H,11,21H2,1H3. The van der Waals surface area contributed by atoms with E-state index in [1.54, 1.807) is 36.6 Å². The highest BCUT2D eigenvalue weighted by Crippen LogP contribution is 2.29. The normalized spacial score (nSPS) is 10.9. The van der Waals surface area contributed by atoms with E-state index in [9.17, 15) is 4.39 Å². The minimum atomic E-state index is -0.387. The number of aromatic nitrogens is 4. The molecule has 0 amide bonds. The van der Waals surface area contributed by atoms with E-state index in [2.05, 4.69) is 15.2 Å². The lowest BCUT2D eigenvalue weighted by atomic mass is 10.2. The summed E-state index contributed by atoms with van der Waals surface area (Å²) < 4.78 is 20.5. The Kier molecular flexibility index (Phi) is 5.27. The van der Waals surface area contributed by atoms with E-state index in [1.807, 2.05) is 29.6 Å². The molecule has 0 bridgehead atoms. The van der Waals surface area contributed by atoms with Gasteiger partial charge in [0.25, 0.3) is 0 Å². The van der Waals surface area contributed by atoms with Crippen LogP contribution in [0.5, 0.6) is 5.75 Å². The fourth-order valence-corrected chi connectivity index (χ4v) is 4.26. The van der Waals surface area contributed by atoms with Crippen molar-refractivity contribution in [1.82, 2.24) is 19.9 Å². The first-order chi connectivity index (χ1) is 13.7. The maximum atomic E-state index is 14.0. The smallest absolute Gasteiger partial charge is 0.210 e. The highest BCUT2D eigenvalue weighted by atomic mass is 32.2. The molecule has 2 heterocycles. The van der Waals surface area contributed by atoms with E-state index in [1.165, 1.54) is 22.5 Å². The van der Waals surface area contributed by atoms with Crippen LogP contribution >= 0.6 is 23.1 Å². The monoisotopic (exact) mass is 413 g/mol. The molecule has 142 valence electrons. The lowest BCUT2D eigenvalue weighted by molar-refractivity contribution is 0.415. The molecule has 28 heavy (non-hydrogen) atoms. The highest BCUT2D eigenvalue weighted by Gasteiger charge is 2.16. The van der Waals surface area contributed by atoms with Gasteiger partial charge >= 0.3 is 0 Å². The third-order valence-electron chi connectivity index (χ3n) is 4.02. The number of hydrogen-bond donors (Lipinski definition) is 1. The molecule has 6 nitrogen and oxygen atoms in total. The van der Waals surface area contributed by atoms with Gasteiger partial charge in [0.15, 0.2) is 5.82 Å². The SMILES string of the molecule is COc1ccc(-c2nc(CSc3nnc(-c4ccccc4F)n3N)cs2)cc1. The number of benzene rings is 2. The summed E-state index contributed by atoms with van der Waals surface area (Å²) in [6.45, 7) is 0. The van der Waals surface area contributed by atoms with Crippen molar-refractivity contribution in [2.45, 2.75) is 10.9 Å². The maximum Gasteiger partial charge on any atom is 0.210 e. The second-order valence-corrected chi connectivity index (χ2v) is 7.62. The summed E-state index contributed by atoms with van der Waals surface area (Å²) in [4.78, 5) is 4.66. The van der Waals surface area contributed by atoms with Crippen LogP contribution in [0.2, 0.25) is 0 Å². The zero-order valence-corrected chi connectivity index (χ0v) is 16.5. The molecule has 9 heteroatoms. The minimum Gasteiger partial charge on any atom is -0.497 e. The molecule has 0 atom stereocenters. The van der Waals surface area contributed by atoms with Crippen molar-refractivity contribution >= 4 is 23.1 Å². The van der Waals surface area contributed by atoms with E-state index in [0.717, 1.165) is 22.0 Å². The van der Waals surface area contributed by atoms with Gasteiger partial charge in [0.05, 0.1) is 18.4 Å². The number of thioether (sulfide) groups is 1. The van der Waals surface area contributed by atoms with Gasteiger partial charge < -0.3 is 10.6 Å². The highest BCUT2D eigenvalue weighted by molar-refractivity contribution is 7.98. The number of nitrogen functional groups attached to an aromatic ring is 1. The Morgan fingerprint density at radius 2 is 1.93 bits per heavy atom. The first-order valence-electron chi connectivity index (χ1n) is 8.32. The third kappa shape index (κ3) is 3.71. The summed E-state index contributed by atoms with van der Waals surface area (Å²) in [6, 6.07) is 14.1. The Bertz CT molecular complexity index is 1090. The minimum absolute atomic E-state index is 0.290. The Morgan fingerprint density at radius 3 is 2.68 bits per heavy atom. The Hall–Kier alpha value is -2.91. The van der Waals surface area contributed by atoms with Gasteiger partial charge in [0.1, 0.15) is 16.6 Å². The van der Waals surface area contributed by atoms with Crippen LogP contribution in [-0.2, 0) is 5.75 Å². The second-order valence-electron chi connectivity index (χ2n) is 5.82. The molecule has 2 N–H and O–H groups in total. The molecule has 0 spiro atoms. The summed E-state index contributed by atoms with van der Waals surface area (Å²) in [6.07, 6.45) is 0. The summed E-state index contributed by atoms with van der Waals surface area (Å²) in [7, 11) is 1.64. The maximum absolute atomic E-state index is 14.0. The van der Waals surface area contributed by atoms with E-state index in [-0.39, 0.29) is 11.6 Å². The zero-order chi connectivity index (χ0) is 19.5. The first kappa shape index (κ1) is 18.5. The number of ether oxygens (including phenoxy) is 1. The summed E-state index contributed by atoms with van der Waals surface area (Å²) >= 11 is 2.97. The average molecular weight is 414 g/mol. The number of methoxy groups -OCH3 is 1. The van der Waals surface area contributed by atoms with E-state index in [0.29, 0.717) is 16.5 Å². The third-order valence-corrected chi connectivity index (χ3v) is 5.93. The van der Waals surface area contributed by atoms with Gasteiger partial charge in [0, 0.05) is 16.7 Å². The molecule has 2 aromatic heterocycles. The molecule has 0 aliphatic heterocycles. The predicted octanol–water partition coefficient (Wildman–Crippen LogP) is 4.22. The Balaban J connectivity index is 1.47. The van der Waals surface area contributed by atoms with Crippen LogP contribution in [0, 0.1) is 5.82 Å². The van der Waals surface area contributed by atoms with Gasteiger partial charge in [-0.15, -0.1) is 21.5 Å². The molecule has 0 radical (unpaired) electrons. The van der Waals surface area contributed by atoms with Gasteiger partial charge in [-0.3, -0.25) is 0 Å². The first-order valence-corrected chi connectivity index (χ1v) is 10.2. The molecule has 0 saturated carbocycles. The lowest BCUT2D eigenvalue weighted by Crippen LogP contribution is -2.12. The fourth-order valence-electron chi connectivity index (χ4n) is 2.58. The van der Waals surface area contributed by atoms with Crippen LogP contribution in [-0.4, -0.2) is 27.0 Å². The largest absolute Gasteiger partial charge is 0.497 e. The molecular formula is C19H16FN5OS2. The number of nitrogens with two attached hydrogens (primary N) is 1. The predicted molar refractivity (Wildman–Crippen MR) is 109 cm³/mol. The average Bonchev–Trinajstić information content (AvgIpc) is 3.34. The van der Waals surface area contributed by atoms with Crippen molar-refractivity contribution in [3.63, 3.8) is 0 Å². The molecule has 4 aromatic rings. The van der Waals surface area contributed by atoms with E-state index < -0.39 is 0 Å². The number of halogens is 1. The quantitative estimate of drug-likeness (QED) is 0.377. The van der Waals surface area contributed by atoms with E-state index in [4.69, 9.17) is 10.6 Å². The molecule has 4 rings (SSSR count).